The lowest BCUT2D eigenvalue weighted by Gasteiger charge is -2.15. The van der Waals surface area contributed by atoms with Gasteiger partial charge in [-0.15, -0.1) is 0 Å². The van der Waals surface area contributed by atoms with Gasteiger partial charge in [-0.2, -0.15) is 0 Å². The van der Waals surface area contributed by atoms with Crippen molar-refractivity contribution in [2.75, 3.05) is 33.1 Å². The minimum absolute atomic E-state index is 0.0846. The van der Waals surface area contributed by atoms with Crippen molar-refractivity contribution < 1.29 is 27.5 Å². The maximum absolute atomic E-state index is 12.4. The number of nitrogens with one attached hydrogen (secondary N) is 1. The van der Waals surface area contributed by atoms with Crippen molar-refractivity contribution in [2.45, 2.75) is 11.8 Å². The molecule has 28 heavy (non-hydrogen) atoms. The van der Waals surface area contributed by atoms with Gasteiger partial charge in [-0.05, 0) is 36.8 Å². The van der Waals surface area contributed by atoms with Gasteiger partial charge in [-0.1, -0.05) is 18.2 Å². The first kappa shape index (κ1) is 21.4. The molecule has 1 N–H and O–H groups in total. The fraction of sp³-hybridized carbons (Fsp3) is 0.263. The van der Waals surface area contributed by atoms with Crippen molar-refractivity contribution in [2.24, 2.45) is 0 Å². The summed E-state index contributed by atoms with van der Waals surface area (Å²) in [5, 5.41) is 2.53. The zero-order valence-corrected chi connectivity index (χ0v) is 16.9. The van der Waals surface area contributed by atoms with Crippen LogP contribution in [-0.4, -0.2) is 52.4 Å². The Morgan fingerprint density at radius 1 is 1.11 bits per heavy atom. The van der Waals surface area contributed by atoms with E-state index in [4.69, 9.17) is 9.47 Å². The Morgan fingerprint density at radius 2 is 1.79 bits per heavy atom. The number of esters is 1. The number of rotatable bonds is 7. The molecule has 2 aromatic rings. The summed E-state index contributed by atoms with van der Waals surface area (Å²) < 4.78 is 35.9. The first-order valence-electron chi connectivity index (χ1n) is 8.30. The Hall–Kier alpha value is -2.91. The van der Waals surface area contributed by atoms with Gasteiger partial charge in [0, 0.05) is 19.8 Å². The van der Waals surface area contributed by atoms with Crippen molar-refractivity contribution in [1.29, 1.82) is 0 Å². The summed E-state index contributed by atoms with van der Waals surface area (Å²) in [7, 11) is 0.629. The molecule has 2 rings (SSSR count). The van der Waals surface area contributed by atoms with Crippen LogP contribution in [0.4, 0.5) is 5.69 Å². The average Bonchev–Trinajstić information content (AvgIpc) is 2.67. The molecule has 0 saturated heterocycles. The number of hydrogen-bond donors (Lipinski definition) is 1. The molecule has 0 saturated carbocycles. The van der Waals surface area contributed by atoms with Crippen molar-refractivity contribution >= 4 is 27.6 Å². The molecule has 0 spiro atoms. The number of hydrogen-bond acceptors (Lipinski definition) is 6. The third-order valence-corrected chi connectivity index (χ3v) is 5.85. The fourth-order valence-electron chi connectivity index (χ4n) is 2.37. The van der Waals surface area contributed by atoms with Crippen LogP contribution < -0.4 is 10.1 Å². The summed E-state index contributed by atoms with van der Waals surface area (Å²) >= 11 is 0. The van der Waals surface area contributed by atoms with Gasteiger partial charge < -0.3 is 14.8 Å². The standard InChI is InChI=1S/C19H22N2O6S/c1-13-9-10-14(11-17(13)28(24,25)21(2)3)20-18(22)12-27-19(23)15-7-5-6-8-16(15)26-4/h5-11H,12H2,1-4H3,(H,20,22). The molecule has 0 aromatic heterocycles. The molecule has 2 aromatic carbocycles. The number of sulfonamides is 1. The maximum atomic E-state index is 12.4. The van der Waals surface area contributed by atoms with E-state index in [-0.39, 0.29) is 16.1 Å². The van der Waals surface area contributed by atoms with Gasteiger partial charge in [0.1, 0.15) is 11.3 Å². The highest BCUT2D eigenvalue weighted by Crippen LogP contribution is 2.22. The van der Waals surface area contributed by atoms with E-state index < -0.39 is 28.5 Å². The van der Waals surface area contributed by atoms with Gasteiger partial charge in [0.25, 0.3) is 5.91 Å². The van der Waals surface area contributed by atoms with Gasteiger partial charge in [0.05, 0.1) is 12.0 Å². The smallest absolute Gasteiger partial charge is 0.342 e. The topological polar surface area (TPSA) is 102 Å². The number of nitrogens with zero attached hydrogens (tertiary/aromatic N) is 1. The van der Waals surface area contributed by atoms with E-state index in [0.717, 1.165) is 4.31 Å². The normalized spacial score (nSPS) is 11.2. The maximum Gasteiger partial charge on any atom is 0.342 e. The molecule has 8 nitrogen and oxygen atoms in total. The van der Waals surface area contributed by atoms with Gasteiger partial charge in [-0.3, -0.25) is 4.79 Å². The number of aryl methyl sites for hydroxylation is 1. The first-order valence-corrected chi connectivity index (χ1v) is 9.74. The molecule has 1 amide bonds. The number of carbonyl (C=O) groups is 2. The quantitative estimate of drug-likeness (QED) is 0.706. The van der Waals surface area contributed by atoms with E-state index >= 15 is 0 Å². The van der Waals surface area contributed by atoms with E-state index in [0.29, 0.717) is 11.3 Å². The van der Waals surface area contributed by atoms with Crippen molar-refractivity contribution in [1.82, 2.24) is 4.31 Å². The van der Waals surface area contributed by atoms with Gasteiger partial charge in [0.2, 0.25) is 10.0 Å². The number of benzene rings is 2. The fourth-order valence-corrected chi connectivity index (χ4v) is 3.52. The first-order chi connectivity index (χ1) is 13.2. The zero-order chi connectivity index (χ0) is 20.9. The number of para-hydroxylation sites is 1. The minimum Gasteiger partial charge on any atom is -0.496 e. The predicted molar refractivity (Wildman–Crippen MR) is 104 cm³/mol. The molecule has 150 valence electrons. The van der Waals surface area contributed by atoms with Crippen LogP contribution in [0.5, 0.6) is 5.75 Å². The Labute approximate surface area is 164 Å². The Morgan fingerprint density at radius 3 is 2.43 bits per heavy atom. The predicted octanol–water partition coefficient (Wildman–Crippen LogP) is 2.05. The van der Waals surface area contributed by atoms with E-state index in [1.165, 1.54) is 33.3 Å². The van der Waals surface area contributed by atoms with E-state index in [1.54, 1.807) is 37.3 Å². The summed E-state index contributed by atoms with van der Waals surface area (Å²) in [4.78, 5) is 24.3. The molecule has 0 bridgehead atoms. The van der Waals surface area contributed by atoms with E-state index in [2.05, 4.69) is 5.32 Å². The summed E-state index contributed by atoms with van der Waals surface area (Å²) in [6.07, 6.45) is 0. The lowest BCUT2D eigenvalue weighted by Crippen LogP contribution is -2.24. The van der Waals surface area contributed by atoms with Crippen LogP contribution >= 0.6 is 0 Å². The average molecular weight is 406 g/mol. The van der Waals surface area contributed by atoms with Crippen LogP contribution in [0.1, 0.15) is 15.9 Å². The summed E-state index contributed by atoms with van der Waals surface area (Å²) in [5.74, 6) is -0.961. The molecule has 0 radical (unpaired) electrons. The van der Waals surface area contributed by atoms with Crippen LogP contribution in [-0.2, 0) is 19.6 Å². The highest BCUT2D eigenvalue weighted by atomic mass is 32.2. The zero-order valence-electron chi connectivity index (χ0n) is 16.1. The van der Waals surface area contributed by atoms with Crippen molar-refractivity contribution in [3.63, 3.8) is 0 Å². The lowest BCUT2D eigenvalue weighted by atomic mass is 10.2. The highest BCUT2D eigenvalue weighted by molar-refractivity contribution is 7.89. The molecule has 0 aliphatic heterocycles. The second kappa shape index (κ2) is 8.85. The minimum atomic E-state index is -3.65. The second-order valence-electron chi connectivity index (χ2n) is 6.09. The summed E-state index contributed by atoms with van der Waals surface area (Å²) in [5.41, 5.74) is 1.03. The second-order valence-corrected chi connectivity index (χ2v) is 8.21. The van der Waals surface area contributed by atoms with E-state index in [1.807, 2.05) is 0 Å². The molecule has 0 atom stereocenters. The van der Waals surface area contributed by atoms with Crippen molar-refractivity contribution in [3.05, 3.63) is 53.6 Å². The molecular weight excluding hydrogens is 384 g/mol. The summed E-state index contributed by atoms with van der Waals surface area (Å²) in [6.45, 7) is 1.14. The monoisotopic (exact) mass is 406 g/mol. The van der Waals surface area contributed by atoms with Crippen LogP contribution in [0.3, 0.4) is 0 Å². The van der Waals surface area contributed by atoms with Crippen LogP contribution in [0.25, 0.3) is 0 Å². The SMILES string of the molecule is COc1ccccc1C(=O)OCC(=O)Nc1ccc(C)c(S(=O)(=O)N(C)C)c1. The summed E-state index contributed by atoms with van der Waals surface area (Å²) in [6, 6.07) is 11.0. The number of anilines is 1. The number of ether oxygens (including phenoxy) is 2. The van der Waals surface area contributed by atoms with Crippen LogP contribution in [0.15, 0.2) is 47.4 Å². The largest absolute Gasteiger partial charge is 0.496 e. The third kappa shape index (κ3) is 4.87. The van der Waals surface area contributed by atoms with Crippen LogP contribution in [0, 0.1) is 6.92 Å². The molecule has 0 aliphatic rings. The molecule has 9 heteroatoms. The Balaban J connectivity index is 2.07. The van der Waals surface area contributed by atoms with Crippen molar-refractivity contribution in [3.8, 4) is 5.75 Å². The number of amides is 1. The number of methoxy groups -OCH3 is 1. The molecule has 0 heterocycles. The highest BCUT2D eigenvalue weighted by Gasteiger charge is 2.21. The van der Waals surface area contributed by atoms with Gasteiger partial charge in [0.15, 0.2) is 6.61 Å². The molecule has 0 fully saturated rings. The Kier molecular flexibility index (Phi) is 6.76. The van der Waals surface area contributed by atoms with Gasteiger partial charge >= 0.3 is 5.97 Å². The molecule has 0 unspecified atom stereocenters. The van der Waals surface area contributed by atoms with Crippen LogP contribution in [0.2, 0.25) is 0 Å². The third-order valence-electron chi connectivity index (χ3n) is 3.89. The Bertz CT molecular complexity index is 986. The molecule has 0 aliphatic carbocycles. The van der Waals surface area contributed by atoms with E-state index in [9.17, 15) is 18.0 Å². The van der Waals surface area contributed by atoms with Gasteiger partial charge in [-0.25, -0.2) is 17.5 Å². The lowest BCUT2D eigenvalue weighted by molar-refractivity contribution is -0.119. The number of carbonyl (C=O) groups excluding carboxylic acids is 2. The molecular formula is C19H22N2O6S.